The number of nitrogens with zero attached hydrogens (tertiary/aromatic N) is 1. The predicted molar refractivity (Wildman–Crippen MR) is 75.1 cm³/mol. The van der Waals surface area contributed by atoms with Crippen LogP contribution in [0.1, 0.15) is 17.4 Å². The summed E-state index contributed by atoms with van der Waals surface area (Å²) in [5, 5.41) is 10.3. The van der Waals surface area contributed by atoms with Crippen molar-refractivity contribution in [1.82, 2.24) is 9.03 Å². The summed E-state index contributed by atoms with van der Waals surface area (Å²) in [6.45, 7) is 2.30. The maximum Gasteiger partial charge on any atom is 0.328 e. The highest BCUT2D eigenvalue weighted by molar-refractivity contribution is 7.87. The number of hydrogen-bond donors (Lipinski definition) is 2. The summed E-state index contributed by atoms with van der Waals surface area (Å²) in [6.07, 6.45) is 2.52. The van der Waals surface area contributed by atoms with Crippen LogP contribution in [0.3, 0.4) is 0 Å². The Kier molecular flexibility index (Phi) is 5.67. The maximum absolute atomic E-state index is 11.7. The summed E-state index contributed by atoms with van der Waals surface area (Å²) in [4.78, 5) is 11.2. The highest BCUT2D eigenvalue weighted by Gasteiger charge is 2.16. The van der Waals surface area contributed by atoms with Crippen molar-refractivity contribution in [3.63, 3.8) is 0 Å². The standard InChI is InChI=1S/C11H16N2O4S2/c1-3-12-19(16,17)13(2)7-10-6-9(8-18-10)4-5-11(14)15/h4-6,8,12H,3,7H2,1-2H3,(H,14,15)/b5-4+. The van der Waals surface area contributed by atoms with Gasteiger partial charge >= 0.3 is 5.97 Å². The molecule has 19 heavy (non-hydrogen) atoms. The number of hydrogen-bond acceptors (Lipinski definition) is 4. The quantitative estimate of drug-likeness (QED) is 0.739. The zero-order valence-corrected chi connectivity index (χ0v) is 12.3. The molecule has 0 saturated heterocycles. The summed E-state index contributed by atoms with van der Waals surface area (Å²) in [6, 6.07) is 1.77. The Morgan fingerprint density at radius 3 is 2.84 bits per heavy atom. The van der Waals surface area contributed by atoms with Crippen LogP contribution in [-0.2, 0) is 21.5 Å². The zero-order valence-electron chi connectivity index (χ0n) is 10.7. The highest BCUT2D eigenvalue weighted by atomic mass is 32.2. The van der Waals surface area contributed by atoms with E-state index in [1.165, 1.54) is 28.8 Å². The molecule has 6 nitrogen and oxygen atoms in total. The van der Waals surface area contributed by atoms with Crippen molar-refractivity contribution in [1.29, 1.82) is 0 Å². The number of carbonyl (C=O) groups is 1. The van der Waals surface area contributed by atoms with Crippen molar-refractivity contribution in [3.8, 4) is 0 Å². The van der Waals surface area contributed by atoms with E-state index in [4.69, 9.17) is 5.11 Å². The number of carboxylic acid groups (broad SMARTS) is 1. The lowest BCUT2D eigenvalue weighted by molar-refractivity contribution is -0.131. The van der Waals surface area contributed by atoms with Gasteiger partial charge in [-0.25, -0.2) is 9.52 Å². The van der Waals surface area contributed by atoms with E-state index in [1.54, 1.807) is 18.4 Å². The Bertz CT molecular complexity index is 563. The van der Waals surface area contributed by atoms with Gasteiger partial charge in [0.25, 0.3) is 10.2 Å². The van der Waals surface area contributed by atoms with Gasteiger partial charge in [-0.05, 0) is 23.1 Å². The molecule has 0 bridgehead atoms. The van der Waals surface area contributed by atoms with Crippen LogP contribution in [0.2, 0.25) is 0 Å². The monoisotopic (exact) mass is 304 g/mol. The molecule has 0 unspecified atom stereocenters. The molecule has 1 aromatic heterocycles. The van der Waals surface area contributed by atoms with E-state index in [0.717, 1.165) is 16.5 Å². The van der Waals surface area contributed by atoms with E-state index in [9.17, 15) is 13.2 Å². The largest absolute Gasteiger partial charge is 0.478 e. The molecule has 0 aliphatic rings. The second kappa shape index (κ2) is 6.80. The minimum atomic E-state index is -3.45. The van der Waals surface area contributed by atoms with Crippen LogP contribution >= 0.6 is 11.3 Å². The molecule has 1 heterocycles. The first-order chi connectivity index (χ1) is 8.85. The Hall–Kier alpha value is -1.22. The minimum Gasteiger partial charge on any atom is -0.478 e. The van der Waals surface area contributed by atoms with Gasteiger partial charge in [0.1, 0.15) is 0 Å². The topological polar surface area (TPSA) is 86.7 Å². The number of rotatable bonds is 7. The molecule has 0 spiro atoms. The van der Waals surface area contributed by atoms with E-state index < -0.39 is 16.2 Å². The summed E-state index contributed by atoms with van der Waals surface area (Å²) < 4.78 is 27.0. The molecular weight excluding hydrogens is 288 g/mol. The van der Waals surface area contributed by atoms with Crippen LogP contribution in [0.5, 0.6) is 0 Å². The predicted octanol–water partition coefficient (Wildman–Crippen LogP) is 1.13. The van der Waals surface area contributed by atoms with Gasteiger partial charge in [-0.3, -0.25) is 0 Å². The molecule has 8 heteroatoms. The molecule has 1 rings (SSSR count). The molecule has 0 fully saturated rings. The SMILES string of the molecule is CCNS(=O)(=O)N(C)Cc1cc(/C=C/C(=O)O)cs1. The summed E-state index contributed by atoms with van der Waals surface area (Å²) in [5.41, 5.74) is 0.747. The van der Waals surface area contributed by atoms with Crippen molar-refractivity contribution in [3.05, 3.63) is 28.0 Å². The second-order valence-electron chi connectivity index (χ2n) is 3.78. The molecule has 2 N–H and O–H groups in total. The van der Waals surface area contributed by atoms with E-state index in [-0.39, 0.29) is 6.54 Å². The second-order valence-corrected chi connectivity index (χ2v) is 6.63. The maximum atomic E-state index is 11.7. The third-order valence-electron chi connectivity index (χ3n) is 2.21. The Morgan fingerprint density at radius 1 is 1.58 bits per heavy atom. The first kappa shape index (κ1) is 15.8. The molecule has 0 radical (unpaired) electrons. The molecule has 0 atom stereocenters. The molecule has 0 aliphatic heterocycles. The summed E-state index contributed by atoms with van der Waals surface area (Å²) in [5.74, 6) is -1.01. The number of carboxylic acids is 1. The average Bonchev–Trinajstić information content (AvgIpc) is 2.74. The van der Waals surface area contributed by atoms with Crippen LogP contribution in [-0.4, -0.2) is 37.4 Å². The fourth-order valence-corrected chi connectivity index (χ4v) is 3.21. The van der Waals surface area contributed by atoms with Crippen molar-refractivity contribution in [2.24, 2.45) is 0 Å². The van der Waals surface area contributed by atoms with Gasteiger partial charge in [-0.1, -0.05) is 6.92 Å². The van der Waals surface area contributed by atoms with E-state index in [1.807, 2.05) is 0 Å². The third kappa shape index (κ3) is 5.11. The molecule has 106 valence electrons. The molecule has 0 amide bonds. The van der Waals surface area contributed by atoms with Crippen LogP contribution < -0.4 is 4.72 Å². The average molecular weight is 304 g/mol. The van der Waals surface area contributed by atoms with Crippen LogP contribution in [0.25, 0.3) is 6.08 Å². The summed E-state index contributed by atoms with van der Waals surface area (Å²) in [7, 11) is -1.96. The van der Waals surface area contributed by atoms with Gasteiger partial charge < -0.3 is 5.11 Å². The van der Waals surface area contributed by atoms with Crippen molar-refractivity contribution < 1.29 is 18.3 Å². The molecular formula is C11H16N2O4S2. The summed E-state index contributed by atoms with van der Waals surface area (Å²) >= 11 is 1.39. The van der Waals surface area contributed by atoms with Gasteiger partial charge in [0, 0.05) is 31.1 Å². The van der Waals surface area contributed by atoms with Crippen LogP contribution in [0.4, 0.5) is 0 Å². The lowest BCUT2D eigenvalue weighted by Gasteiger charge is -2.15. The molecule has 1 aromatic rings. The van der Waals surface area contributed by atoms with E-state index >= 15 is 0 Å². The molecule has 0 aliphatic carbocycles. The van der Waals surface area contributed by atoms with Gasteiger partial charge in [-0.2, -0.15) is 12.7 Å². The Labute approximate surface area is 116 Å². The van der Waals surface area contributed by atoms with Crippen molar-refractivity contribution >= 4 is 33.6 Å². The van der Waals surface area contributed by atoms with Gasteiger partial charge in [0.05, 0.1) is 0 Å². The molecule has 0 saturated carbocycles. The number of nitrogens with one attached hydrogen (secondary N) is 1. The molecule has 0 aromatic carbocycles. The first-order valence-electron chi connectivity index (χ1n) is 5.54. The van der Waals surface area contributed by atoms with Gasteiger partial charge in [0.2, 0.25) is 0 Å². The van der Waals surface area contributed by atoms with Crippen molar-refractivity contribution in [2.75, 3.05) is 13.6 Å². The zero-order chi connectivity index (χ0) is 14.5. The van der Waals surface area contributed by atoms with E-state index in [2.05, 4.69) is 4.72 Å². The fraction of sp³-hybridized carbons (Fsp3) is 0.364. The Morgan fingerprint density at radius 2 is 2.26 bits per heavy atom. The van der Waals surface area contributed by atoms with Crippen molar-refractivity contribution in [2.45, 2.75) is 13.5 Å². The van der Waals surface area contributed by atoms with Gasteiger partial charge in [0.15, 0.2) is 0 Å². The lowest BCUT2D eigenvalue weighted by atomic mass is 10.3. The smallest absolute Gasteiger partial charge is 0.328 e. The lowest BCUT2D eigenvalue weighted by Crippen LogP contribution is -2.37. The first-order valence-corrected chi connectivity index (χ1v) is 7.86. The highest BCUT2D eigenvalue weighted by Crippen LogP contribution is 2.18. The van der Waals surface area contributed by atoms with Crippen LogP contribution in [0, 0.1) is 0 Å². The van der Waals surface area contributed by atoms with E-state index in [0.29, 0.717) is 6.54 Å². The normalized spacial score (nSPS) is 12.4. The van der Waals surface area contributed by atoms with Crippen LogP contribution in [0.15, 0.2) is 17.5 Å². The minimum absolute atomic E-state index is 0.251. The number of thiophene rings is 1. The Balaban J connectivity index is 2.71. The van der Waals surface area contributed by atoms with Gasteiger partial charge in [-0.15, -0.1) is 11.3 Å². The number of aliphatic carboxylic acids is 1. The fourth-order valence-electron chi connectivity index (χ4n) is 1.33. The third-order valence-corrected chi connectivity index (χ3v) is 4.75.